The number of anilines is 6. The first kappa shape index (κ1) is 41.5. The van der Waals surface area contributed by atoms with E-state index in [2.05, 4.69) is 236 Å². The van der Waals surface area contributed by atoms with Crippen molar-refractivity contribution in [3.63, 3.8) is 0 Å². The van der Waals surface area contributed by atoms with E-state index < -0.39 is 16.1 Å². The third-order valence-corrected chi connectivity index (χ3v) is 16.6. The number of benzene rings is 7. The predicted molar refractivity (Wildman–Crippen MR) is 274 cm³/mol. The molecule has 4 nitrogen and oxygen atoms in total. The van der Waals surface area contributed by atoms with Gasteiger partial charge in [-0.25, -0.2) is 0 Å². The van der Waals surface area contributed by atoms with E-state index >= 15 is 0 Å². The second kappa shape index (κ2) is 14.9. The molecule has 0 amide bonds. The van der Waals surface area contributed by atoms with Crippen LogP contribution in [0, 0.1) is 0 Å². The number of para-hydroxylation sites is 1. The quantitative estimate of drug-likeness (QED) is 0.143. The van der Waals surface area contributed by atoms with Gasteiger partial charge in [0.25, 0.3) is 0 Å². The summed E-state index contributed by atoms with van der Waals surface area (Å²) in [6, 6.07) is 53.7. The first-order chi connectivity index (χ1) is 29.3. The number of furan rings is 2. The smallest absolute Gasteiger partial charge is 0.160 e. The first-order valence-electron chi connectivity index (χ1n) is 22.1. The lowest BCUT2D eigenvalue weighted by atomic mass is 9.87. The van der Waals surface area contributed by atoms with Crippen molar-refractivity contribution in [2.45, 2.75) is 91.7 Å². The molecule has 2 aromatic heterocycles. The Morgan fingerprint density at radius 1 is 0.387 bits per heavy atom. The molecule has 9 aromatic rings. The molecule has 0 aliphatic heterocycles. The normalized spacial score (nSPS) is 12.8. The van der Waals surface area contributed by atoms with Crippen molar-refractivity contribution in [3.8, 4) is 0 Å². The van der Waals surface area contributed by atoms with E-state index in [0.717, 1.165) is 78.0 Å². The van der Waals surface area contributed by atoms with Crippen LogP contribution in [-0.4, -0.2) is 16.1 Å². The molecule has 7 aromatic carbocycles. The minimum Gasteiger partial charge on any atom is -0.456 e. The topological polar surface area (TPSA) is 32.8 Å². The maximum atomic E-state index is 7.08. The standard InChI is InChI=1S/C56H60N2O2Si2/c1-55(2,3)37-17-21-39(22-18-37)57(40-25-30-44(31-26-40)61(7,8)9)43-29-34-47-50(35-43)59-51-36-48(54-53(52(47)51)46-15-13-14-16-49(46)60-54)58(41-23-19-38(20-24-41)56(4,5)6)42-27-32-45(33-28-42)62(10,11)12/h13-36H,1-12H3. The van der Waals surface area contributed by atoms with Crippen LogP contribution in [0.15, 0.2) is 154 Å². The van der Waals surface area contributed by atoms with Gasteiger partial charge < -0.3 is 18.6 Å². The Labute approximate surface area is 369 Å². The molecule has 0 saturated carbocycles. The largest absolute Gasteiger partial charge is 0.456 e. The molecule has 0 saturated heterocycles. The highest BCUT2D eigenvalue weighted by Crippen LogP contribution is 2.49. The van der Waals surface area contributed by atoms with Gasteiger partial charge in [0.15, 0.2) is 5.58 Å². The third kappa shape index (κ3) is 7.58. The van der Waals surface area contributed by atoms with Crippen LogP contribution < -0.4 is 20.2 Å². The van der Waals surface area contributed by atoms with Crippen LogP contribution in [0.25, 0.3) is 43.9 Å². The van der Waals surface area contributed by atoms with Crippen LogP contribution >= 0.6 is 0 Å². The predicted octanol–water partition coefficient (Wildman–Crippen LogP) is 16.1. The molecule has 6 heteroatoms. The molecule has 0 fully saturated rings. The van der Waals surface area contributed by atoms with Crippen LogP contribution in [0.2, 0.25) is 39.3 Å². The number of rotatable bonds is 8. The lowest BCUT2D eigenvalue weighted by Gasteiger charge is -2.28. The minimum atomic E-state index is -1.53. The maximum absolute atomic E-state index is 7.08. The molecule has 0 unspecified atom stereocenters. The highest BCUT2D eigenvalue weighted by molar-refractivity contribution is 6.89. The Hall–Kier alpha value is -5.83. The van der Waals surface area contributed by atoms with Crippen molar-refractivity contribution in [2.24, 2.45) is 0 Å². The molecule has 0 radical (unpaired) electrons. The second-order valence-electron chi connectivity index (χ2n) is 21.2. The minimum absolute atomic E-state index is 0.0310. The molecule has 62 heavy (non-hydrogen) atoms. The fourth-order valence-electron chi connectivity index (χ4n) is 8.75. The Balaban J connectivity index is 1.27. The van der Waals surface area contributed by atoms with E-state index in [-0.39, 0.29) is 10.8 Å². The molecule has 314 valence electrons. The van der Waals surface area contributed by atoms with Crippen LogP contribution in [0.4, 0.5) is 34.1 Å². The summed E-state index contributed by atoms with van der Waals surface area (Å²) in [5.74, 6) is 0. The molecular formula is C56H60N2O2Si2. The fraction of sp³-hybridized carbons (Fsp3) is 0.250. The van der Waals surface area contributed by atoms with Gasteiger partial charge in [-0.2, -0.15) is 0 Å². The molecule has 0 spiro atoms. The van der Waals surface area contributed by atoms with E-state index in [1.165, 1.54) is 21.5 Å². The average molecular weight is 849 g/mol. The third-order valence-electron chi connectivity index (χ3n) is 12.5. The van der Waals surface area contributed by atoms with Gasteiger partial charge in [-0.1, -0.05) is 158 Å². The van der Waals surface area contributed by atoms with Gasteiger partial charge in [0, 0.05) is 62.1 Å². The SMILES string of the molecule is CC(C)(C)c1ccc(N(c2ccc([Si](C)(C)C)cc2)c2ccc3c(c2)oc2cc(N(c4ccc(C(C)(C)C)cc4)c4ccc([Si](C)(C)C)cc4)c4oc5ccccc5c4c23)cc1. The molecule has 0 bridgehead atoms. The highest BCUT2D eigenvalue weighted by Gasteiger charge is 2.27. The Morgan fingerprint density at radius 3 is 1.31 bits per heavy atom. The van der Waals surface area contributed by atoms with Crippen LogP contribution in [0.1, 0.15) is 52.7 Å². The molecule has 0 aliphatic carbocycles. The van der Waals surface area contributed by atoms with E-state index in [1.54, 1.807) is 0 Å². The van der Waals surface area contributed by atoms with Crippen molar-refractivity contribution in [1.29, 1.82) is 0 Å². The Bertz CT molecular complexity index is 2960. The first-order valence-corrected chi connectivity index (χ1v) is 29.1. The highest BCUT2D eigenvalue weighted by atomic mass is 28.3. The molecular weight excluding hydrogens is 789 g/mol. The maximum Gasteiger partial charge on any atom is 0.160 e. The van der Waals surface area contributed by atoms with Crippen molar-refractivity contribution in [2.75, 3.05) is 9.80 Å². The van der Waals surface area contributed by atoms with E-state index in [1.807, 2.05) is 0 Å². The molecule has 2 heterocycles. The number of fused-ring (bicyclic) bond motifs is 7. The molecule has 0 atom stereocenters. The van der Waals surface area contributed by atoms with E-state index in [9.17, 15) is 0 Å². The van der Waals surface area contributed by atoms with Gasteiger partial charge in [-0.15, -0.1) is 0 Å². The van der Waals surface area contributed by atoms with Gasteiger partial charge in [0.1, 0.15) is 16.7 Å². The average Bonchev–Trinajstić information content (AvgIpc) is 3.79. The number of hydrogen-bond donors (Lipinski definition) is 0. The van der Waals surface area contributed by atoms with Crippen LogP contribution in [-0.2, 0) is 10.8 Å². The summed E-state index contributed by atoms with van der Waals surface area (Å²) in [5, 5.41) is 7.12. The van der Waals surface area contributed by atoms with Crippen molar-refractivity contribution in [1.82, 2.24) is 0 Å². The summed E-state index contributed by atoms with van der Waals surface area (Å²) in [6.07, 6.45) is 0. The van der Waals surface area contributed by atoms with Gasteiger partial charge in [-0.05, 0) is 88.7 Å². The van der Waals surface area contributed by atoms with Crippen molar-refractivity contribution < 1.29 is 8.83 Å². The zero-order valence-electron chi connectivity index (χ0n) is 38.6. The monoisotopic (exact) mass is 848 g/mol. The summed E-state index contributed by atoms with van der Waals surface area (Å²) in [4.78, 5) is 4.70. The Kier molecular flexibility index (Phi) is 9.99. The summed E-state index contributed by atoms with van der Waals surface area (Å²) in [5.41, 5.74) is 12.4. The van der Waals surface area contributed by atoms with Gasteiger partial charge >= 0.3 is 0 Å². The van der Waals surface area contributed by atoms with E-state index in [0.29, 0.717) is 0 Å². The Morgan fingerprint density at radius 2 is 0.823 bits per heavy atom. The summed E-state index contributed by atoms with van der Waals surface area (Å²) in [6.45, 7) is 28.0. The number of hydrogen-bond acceptors (Lipinski definition) is 4. The summed E-state index contributed by atoms with van der Waals surface area (Å²) >= 11 is 0. The fourth-order valence-corrected chi connectivity index (χ4v) is 11.1. The molecule has 9 rings (SSSR count). The summed E-state index contributed by atoms with van der Waals surface area (Å²) < 4.78 is 14.0. The summed E-state index contributed by atoms with van der Waals surface area (Å²) in [7, 11) is -3.02. The van der Waals surface area contributed by atoms with E-state index in [4.69, 9.17) is 8.83 Å². The lowest BCUT2D eigenvalue weighted by molar-refractivity contribution is 0.590. The molecule has 0 N–H and O–H groups in total. The zero-order valence-corrected chi connectivity index (χ0v) is 40.6. The van der Waals surface area contributed by atoms with Gasteiger partial charge in [0.2, 0.25) is 0 Å². The van der Waals surface area contributed by atoms with Gasteiger partial charge in [-0.3, -0.25) is 0 Å². The second-order valence-corrected chi connectivity index (χ2v) is 31.4. The van der Waals surface area contributed by atoms with Crippen molar-refractivity contribution >= 4 is 105 Å². The molecule has 0 aliphatic rings. The van der Waals surface area contributed by atoms with Crippen LogP contribution in [0.5, 0.6) is 0 Å². The van der Waals surface area contributed by atoms with Crippen LogP contribution in [0.3, 0.4) is 0 Å². The van der Waals surface area contributed by atoms with Gasteiger partial charge in [0.05, 0.1) is 21.8 Å². The zero-order chi connectivity index (χ0) is 43.9. The van der Waals surface area contributed by atoms with Crippen molar-refractivity contribution in [3.05, 3.63) is 157 Å². The number of nitrogens with zero attached hydrogens (tertiary/aromatic N) is 2. The lowest BCUT2D eigenvalue weighted by Crippen LogP contribution is -2.37.